The Bertz CT molecular complexity index is 292. The van der Waals surface area contributed by atoms with Crippen molar-refractivity contribution >= 4 is 25.3 Å². The second kappa shape index (κ2) is 7.38. The molecule has 0 aliphatic heterocycles. The maximum atomic E-state index is 10.9. The summed E-state index contributed by atoms with van der Waals surface area (Å²) in [6.45, 7) is 0. The van der Waals surface area contributed by atoms with Gasteiger partial charge in [-0.1, -0.05) is 17.7 Å². The van der Waals surface area contributed by atoms with E-state index in [2.05, 4.69) is 4.74 Å². The molecule has 0 saturated heterocycles. The largest absolute Gasteiger partial charge is 0.482 e. The zero-order valence-corrected chi connectivity index (χ0v) is 8.23. The molecular weight excluding hydrogens is 206 g/mol. The third-order valence-corrected chi connectivity index (χ3v) is 1.48. The molecule has 4 nitrogen and oxygen atoms in total. The number of esters is 1. The molecule has 0 fully saturated rings. The van der Waals surface area contributed by atoms with Gasteiger partial charge in [-0.15, -0.1) is 0 Å². The van der Waals surface area contributed by atoms with E-state index in [1.165, 1.54) is 7.11 Å². The van der Waals surface area contributed by atoms with E-state index < -0.39 is 0 Å². The summed E-state index contributed by atoms with van der Waals surface area (Å²) in [5.74, 6) is -0.368. The summed E-state index contributed by atoms with van der Waals surface area (Å²) in [7, 11) is 1.34. The topological polar surface area (TPSA) is 66.8 Å². The molecule has 0 amide bonds. The average Bonchev–Trinajstić information content (AvgIpc) is 2.18. The lowest BCUT2D eigenvalue weighted by molar-refractivity contribution is 0.0600. The van der Waals surface area contributed by atoms with Crippen LogP contribution in [0.25, 0.3) is 0 Å². The van der Waals surface area contributed by atoms with Crippen LogP contribution in [0.5, 0.6) is 0 Å². The van der Waals surface area contributed by atoms with Crippen LogP contribution in [-0.2, 0) is 4.74 Å². The summed E-state index contributed by atoms with van der Waals surface area (Å²) in [5, 5.41) is 14.5. The van der Waals surface area contributed by atoms with Gasteiger partial charge in [-0.25, -0.2) is 4.79 Å². The van der Waals surface area contributed by atoms with Crippen LogP contribution in [0.2, 0.25) is 5.02 Å². The number of halogens is 1. The van der Waals surface area contributed by atoms with E-state index in [0.29, 0.717) is 10.6 Å². The van der Waals surface area contributed by atoms with Crippen LogP contribution in [0, 0.1) is 0 Å². The number of methoxy groups -OCH3 is 1. The van der Waals surface area contributed by atoms with E-state index in [0.717, 1.165) is 0 Å². The first-order valence-electron chi connectivity index (χ1n) is 3.59. The molecule has 0 bridgehead atoms. The van der Waals surface area contributed by atoms with Crippen molar-refractivity contribution in [2.75, 3.05) is 7.11 Å². The van der Waals surface area contributed by atoms with Crippen molar-refractivity contribution in [2.24, 2.45) is 0 Å². The third-order valence-electron chi connectivity index (χ3n) is 1.25. The lowest BCUT2D eigenvalue weighted by atomic mass is 10.2. The summed E-state index contributed by atoms with van der Waals surface area (Å²) >= 11 is 5.64. The highest BCUT2D eigenvalue weighted by Gasteiger charge is 2.03. The molecule has 6 heteroatoms. The number of hydrogen-bond acceptors (Lipinski definition) is 4. The normalized spacial score (nSPS) is 8.29. The lowest BCUT2D eigenvalue weighted by Gasteiger charge is -1.97. The molecule has 0 spiro atoms. The Hall–Kier alpha value is -1.04. The summed E-state index contributed by atoms with van der Waals surface area (Å²) in [6.07, 6.45) is 0. The highest BCUT2D eigenvalue weighted by atomic mass is 35.5. The second-order valence-electron chi connectivity index (χ2n) is 2.12. The fourth-order valence-electron chi connectivity index (χ4n) is 0.733. The van der Waals surface area contributed by atoms with Crippen LogP contribution in [-0.4, -0.2) is 30.8 Å². The van der Waals surface area contributed by atoms with Gasteiger partial charge in [-0.2, -0.15) is 0 Å². The molecule has 1 rings (SSSR count). The van der Waals surface area contributed by atoms with Crippen molar-refractivity contribution in [3.8, 4) is 0 Å². The monoisotopic (exact) mass is 215 g/mol. The number of ether oxygens (including phenoxy) is 1. The average molecular weight is 215 g/mol. The summed E-state index contributed by atoms with van der Waals surface area (Å²) < 4.78 is 4.49. The van der Waals surface area contributed by atoms with Crippen LogP contribution < -0.4 is 0 Å². The molecule has 0 heterocycles. The predicted octanol–water partition coefficient (Wildman–Crippen LogP) is 0.632. The van der Waals surface area contributed by atoms with E-state index in [-0.39, 0.29) is 13.7 Å². The Morgan fingerprint density at radius 3 is 2.50 bits per heavy atom. The van der Waals surface area contributed by atoms with Gasteiger partial charge in [0.25, 0.3) is 0 Å². The zero-order chi connectivity index (χ0) is 11.0. The molecule has 1 radical (unpaired) electrons. The fraction of sp³-hybridized carbons (Fsp3) is 0.125. The van der Waals surface area contributed by atoms with Gasteiger partial charge >= 0.3 is 13.7 Å². The lowest BCUT2D eigenvalue weighted by Crippen LogP contribution is -1.99. The van der Waals surface area contributed by atoms with E-state index in [1.54, 1.807) is 24.3 Å². The minimum absolute atomic E-state index is 0. The molecule has 0 atom stereocenters. The molecule has 2 N–H and O–H groups in total. The number of carbonyl (C=O) groups is 1. The second-order valence-corrected chi connectivity index (χ2v) is 2.55. The first-order chi connectivity index (χ1) is 6.65. The van der Waals surface area contributed by atoms with Crippen molar-refractivity contribution in [1.29, 1.82) is 0 Å². The minimum Gasteiger partial charge on any atom is -0.465 e. The molecule has 0 aromatic heterocycles. The molecule has 0 saturated carbocycles. The molecule has 0 aliphatic rings. The quantitative estimate of drug-likeness (QED) is 0.533. The van der Waals surface area contributed by atoms with Crippen LogP contribution >= 0.6 is 11.6 Å². The smallest absolute Gasteiger partial charge is 0.465 e. The Balaban J connectivity index is 0.000000500. The molecule has 14 heavy (non-hydrogen) atoms. The van der Waals surface area contributed by atoms with E-state index >= 15 is 0 Å². The Labute approximate surface area is 87.4 Å². The van der Waals surface area contributed by atoms with Gasteiger partial charge in [0, 0.05) is 5.02 Å². The number of hydrogen-bond donors (Lipinski definition) is 2. The van der Waals surface area contributed by atoms with Crippen molar-refractivity contribution in [3.63, 3.8) is 0 Å². The minimum atomic E-state index is -0.368. The van der Waals surface area contributed by atoms with Gasteiger partial charge in [0.2, 0.25) is 0 Å². The van der Waals surface area contributed by atoms with Crippen molar-refractivity contribution in [2.45, 2.75) is 0 Å². The van der Waals surface area contributed by atoms with Gasteiger partial charge in [-0.05, 0) is 18.2 Å². The molecule has 75 valence electrons. The van der Waals surface area contributed by atoms with E-state index in [1.807, 2.05) is 0 Å². The Morgan fingerprint density at radius 2 is 2.07 bits per heavy atom. The van der Waals surface area contributed by atoms with Crippen LogP contribution in [0.15, 0.2) is 24.3 Å². The number of rotatable bonds is 1. The highest BCUT2D eigenvalue weighted by molar-refractivity contribution is 6.30. The van der Waals surface area contributed by atoms with Gasteiger partial charge in [-0.3, -0.25) is 0 Å². The molecule has 1 aromatic rings. The molecule has 0 aliphatic carbocycles. The van der Waals surface area contributed by atoms with Gasteiger partial charge in [0.05, 0.1) is 12.7 Å². The summed E-state index contributed by atoms with van der Waals surface area (Å²) in [4.78, 5) is 10.9. The van der Waals surface area contributed by atoms with Gasteiger partial charge < -0.3 is 14.8 Å². The first-order valence-corrected chi connectivity index (χ1v) is 3.97. The Kier molecular flexibility index (Phi) is 6.83. The molecule has 0 unspecified atom stereocenters. The molecular formula is C8H9BClO4. The van der Waals surface area contributed by atoms with Crippen molar-refractivity contribution in [1.82, 2.24) is 0 Å². The fourth-order valence-corrected chi connectivity index (χ4v) is 0.924. The predicted molar refractivity (Wildman–Crippen MR) is 53.0 cm³/mol. The van der Waals surface area contributed by atoms with Crippen LogP contribution in [0.4, 0.5) is 0 Å². The van der Waals surface area contributed by atoms with Gasteiger partial charge in [0.1, 0.15) is 0 Å². The number of benzene rings is 1. The third kappa shape index (κ3) is 4.86. The Morgan fingerprint density at radius 1 is 1.50 bits per heavy atom. The molecule has 1 aromatic carbocycles. The van der Waals surface area contributed by atoms with Crippen molar-refractivity contribution in [3.05, 3.63) is 34.9 Å². The number of carbonyl (C=O) groups excluding carboxylic acids is 1. The van der Waals surface area contributed by atoms with Crippen LogP contribution in [0.3, 0.4) is 0 Å². The zero-order valence-electron chi connectivity index (χ0n) is 7.48. The van der Waals surface area contributed by atoms with E-state index in [4.69, 9.17) is 21.6 Å². The van der Waals surface area contributed by atoms with Gasteiger partial charge in [0.15, 0.2) is 0 Å². The summed E-state index contributed by atoms with van der Waals surface area (Å²) in [6, 6.07) is 6.62. The summed E-state index contributed by atoms with van der Waals surface area (Å²) in [5.41, 5.74) is 0.472. The highest BCUT2D eigenvalue weighted by Crippen LogP contribution is 2.10. The standard InChI is InChI=1S/C8H7ClO2.BH2O2/c1-11-8(10)6-3-2-4-7(9)5-6;2-1-3/h2-5H,1H3;2-3H. The van der Waals surface area contributed by atoms with E-state index in [9.17, 15) is 4.79 Å². The maximum Gasteiger partial charge on any atom is 0.482 e. The maximum absolute atomic E-state index is 10.9. The SMILES string of the molecule is COC(=O)c1cccc(Cl)c1.O[B]O. The van der Waals surface area contributed by atoms with Crippen LogP contribution in [0.1, 0.15) is 10.4 Å². The first kappa shape index (κ1) is 13.0. The van der Waals surface area contributed by atoms with Crippen molar-refractivity contribution < 1.29 is 19.6 Å².